The maximum atomic E-state index is 14.0. The molecule has 0 bridgehead atoms. The summed E-state index contributed by atoms with van der Waals surface area (Å²) in [4.78, 5) is 29.3. The number of anilines is 2. The number of thioether (sulfide) groups is 1. The molecule has 2 heterocycles. The lowest BCUT2D eigenvalue weighted by Crippen LogP contribution is -2.49. The number of rotatable bonds is 4. The quantitative estimate of drug-likeness (QED) is 0.571. The first kappa shape index (κ1) is 20.0. The van der Waals surface area contributed by atoms with E-state index in [9.17, 15) is 9.59 Å². The summed E-state index contributed by atoms with van der Waals surface area (Å²) < 4.78 is 5.25. The number of fused-ring (bicyclic) bond motifs is 2. The summed E-state index contributed by atoms with van der Waals surface area (Å²) >= 11 is 7.71. The van der Waals surface area contributed by atoms with E-state index < -0.39 is 4.87 Å². The topological polar surface area (TPSA) is 49.9 Å². The number of hydrogen-bond donors (Lipinski definition) is 0. The van der Waals surface area contributed by atoms with Gasteiger partial charge in [0, 0.05) is 11.3 Å². The molecule has 0 aromatic heterocycles. The summed E-state index contributed by atoms with van der Waals surface area (Å²) in [5.74, 6) is 0.474. The number of halogens is 1. The number of hydrogen-bond acceptors (Lipinski definition) is 4. The third kappa shape index (κ3) is 3.01. The van der Waals surface area contributed by atoms with Crippen molar-refractivity contribution in [1.29, 1.82) is 0 Å². The summed E-state index contributed by atoms with van der Waals surface area (Å²) in [5, 5.41) is 0.389. The molecule has 0 saturated carbocycles. The molecule has 1 saturated heterocycles. The molecule has 2 amide bonds. The Bertz CT molecular complexity index is 1190. The van der Waals surface area contributed by atoms with Crippen LogP contribution < -0.4 is 14.5 Å². The van der Waals surface area contributed by atoms with E-state index in [1.165, 1.54) is 18.9 Å². The van der Waals surface area contributed by atoms with Crippen LogP contribution in [0.1, 0.15) is 11.1 Å². The van der Waals surface area contributed by atoms with Crippen LogP contribution in [-0.4, -0.2) is 24.7 Å². The van der Waals surface area contributed by atoms with Crippen molar-refractivity contribution < 1.29 is 14.3 Å². The Hall–Kier alpha value is -2.96. The largest absolute Gasteiger partial charge is 0.495 e. The van der Waals surface area contributed by atoms with Gasteiger partial charge in [-0.1, -0.05) is 60.1 Å². The Balaban J connectivity index is 1.64. The lowest BCUT2D eigenvalue weighted by molar-refractivity contribution is -0.123. The average molecular weight is 451 g/mol. The summed E-state index contributed by atoms with van der Waals surface area (Å²) in [6, 6.07) is 22.7. The van der Waals surface area contributed by atoms with Gasteiger partial charge in [-0.05, 0) is 29.8 Å². The molecule has 5 rings (SSSR count). The van der Waals surface area contributed by atoms with E-state index in [2.05, 4.69) is 0 Å². The first-order chi connectivity index (χ1) is 15.1. The van der Waals surface area contributed by atoms with E-state index in [0.29, 0.717) is 23.0 Å². The van der Waals surface area contributed by atoms with Gasteiger partial charge in [-0.25, -0.2) is 0 Å². The molecule has 0 unspecified atom stereocenters. The third-order valence-electron chi connectivity index (χ3n) is 5.64. The summed E-state index contributed by atoms with van der Waals surface area (Å²) in [5.41, 5.74) is 3.24. The molecular formula is C24H19ClN2O3S. The number of para-hydroxylation sites is 1. The monoisotopic (exact) mass is 450 g/mol. The molecule has 5 nitrogen and oxygen atoms in total. The van der Waals surface area contributed by atoms with Crippen LogP contribution in [0.3, 0.4) is 0 Å². The molecule has 2 aliphatic heterocycles. The summed E-state index contributed by atoms with van der Waals surface area (Å²) in [7, 11) is 1.54. The van der Waals surface area contributed by atoms with Gasteiger partial charge in [0.1, 0.15) is 5.75 Å². The number of carbonyl (C=O) groups excluding carboxylic acids is 2. The van der Waals surface area contributed by atoms with Crippen LogP contribution in [0.5, 0.6) is 5.75 Å². The molecule has 2 aliphatic rings. The molecule has 3 aromatic carbocycles. The number of ether oxygens (including phenoxy) is 1. The van der Waals surface area contributed by atoms with Crippen LogP contribution in [0.15, 0.2) is 72.8 Å². The molecule has 0 radical (unpaired) electrons. The third-order valence-corrected chi connectivity index (χ3v) is 7.32. The molecule has 31 heavy (non-hydrogen) atoms. The van der Waals surface area contributed by atoms with Crippen molar-refractivity contribution in [1.82, 2.24) is 0 Å². The minimum atomic E-state index is -1.15. The molecule has 1 fully saturated rings. The number of amides is 2. The van der Waals surface area contributed by atoms with Crippen LogP contribution in [0, 0.1) is 0 Å². The van der Waals surface area contributed by atoms with Gasteiger partial charge in [0.05, 0.1) is 30.1 Å². The van der Waals surface area contributed by atoms with Gasteiger partial charge in [-0.3, -0.25) is 14.5 Å². The van der Waals surface area contributed by atoms with Crippen LogP contribution in [0.4, 0.5) is 11.4 Å². The Morgan fingerprint density at radius 3 is 2.52 bits per heavy atom. The van der Waals surface area contributed by atoms with Crippen molar-refractivity contribution >= 4 is 46.6 Å². The minimum Gasteiger partial charge on any atom is -0.495 e. The standard InChI is InChI=1S/C24H19ClN2O3S/c1-30-21-12-11-17(13-19(21)25)27-22(28)15-31-24(27)18-9-5-6-10-20(18)26(23(24)29)14-16-7-3-2-4-8-16/h2-13H,14-15H2,1H3/t24-/m0/s1. The zero-order valence-corrected chi connectivity index (χ0v) is 18.3. The van der Waals surface area contributed by atoms with E-state index in [0.717, 1.165) is 16.8 Å². The van der Waals surface area contributed by atoms with Gasteiger partial charge >= 0.3 is 0 Å². The lowest BCUT2D eigenvalue weighted by atomic mass is 10.0. The second-order valence-corrected chi connectivity index (χ2v) is 8.95. The average Bonchev–Trinajstić information content (AvgIpc) is 3.25. The number of methoxy groups -OCH3 is 1. The second-order valence-electron chi connectivity index (χ2n) is 7.37. The molecule has 0 aliphatic carbocycles. The van der Waals surface area contributed by atoms with Gasteiger partial charge in [-0.15, -0.1) is 11.8 Å². The van der Waals surface area contributed by atoms with Gasteiger partial charge in [0.25, 0.3) is 5.91 Å². The molecule has 7 heteroatoms. The van der Waals surface area contributed by atoms with E-state index in [1.807, 2.05) is 54.6 Å². The van der Waals surface area contributed by atoms with E-state index in [1.54, 1.807) is 28.0 Å². The summed E-state index contributed by atoms with van der Waals surface area (Å²) in [6.45, 7) is 0.435. The van der Waals surface area contributed by atoms with Crippen molar-refractivity contribution in [3.8, 4) is 5.75 Å². The molecule has 1 atom stereocenters. The molecule has 3 aromatic rings. The molecular weight excluding hydrogens is 432 g/mol. The Morgan fingerprint density at radius 2 is 1.77 bits per heavy atom. The van der Waals surface area contributed by atoms with E-state index >= 15 is 0 Å². The Kier molecular flexibility index (Phi) is 4.91. The van der Waals surface area contributed by atoms with Gasteiger partial charge in [-0.2, -0.15) is 0 Å². The minimum absolute atomic E-state index is 0.125. The first-order valence-electron chi connectivity index (χ1n) is 9.82. The first-order valence-corrected chi connectivity index (χ1v) is 11.2. The highest BCUT2D eigenvalue weighted by atomic mass is 35.5. The molecule has 1 spiro atoms. The van der Waals surface area contributed by atoms with Gasteiger partial charge < -0.3 is 9.64 Å². The number of carbonyl (C=O) groups is 2. The molecule has 156 valence electrons. The predicted molar refractivity (Wildman–Crippen MR) is 124 cm³/mol. The fourth-order valence-electron chi connectivity index (χ4n) is 4.27. The Labute approximate surface area is 189 Å². The highest BCUT2D eigenvalue weighted by Crippen LogP contribution is 2.56. The number of nitrogens with zero attached hydrogens (tertiary/aromatic N) is 2. The van der Waals surface area contributed by atoms with Gasteiger partial charge in [0.15, 0.2) is 0 Å². The zero-order valence-electron chi connectivity index (χ0n) is 16.7. The number of benzene rings is 3. The normalized spacial score (nSPS) is 19.9. The fraction of sp³-hybridized carbons (Fsp3) is 0.167. The predicted octanol–water partition coefficient (Wildman–Crippen LogP) is 4.83. The van der Waals surface area contributed by atoms with Crippen molar-refractivity contribution in [2.24, 2.45) is 0 Å². The summed E-state index contributed by atoms with van der Waals surface area (Å²) in [6.07, 6.45) is 0. The molecule has 0 N–H and O–H groups in total. The maximum Gasteiger partial charge on any atom is 0.269 e. The highest BCUT2D eigenvalue weighted by molar-refractivity contribution is 8.02. The smallest absolute Gasteiger partial charge is 0.269 e. The van der Waals surface area contributed by atoms with Crippen LogP contribution in [-0.2, 0) is 21.0 Å². The lowest BCUT2D eigenvalue weighted by Gasteiger charge is -2.33. The van der Waals surface area contributed by atoms with Crippen LogP contribution in [0.25, 0.3) is 0 Å². The van der Waals surface area contributed by atoms with Crippen molar-refractivity contribution in [3.05, 3.63) is 88.9 Å². The Morgan fingerprint density at radius 1 is 1.03 bits per heavy atom. The highest BCUT2D eigenvalue weighted by Gasteiger charge is 2.60. The van der Waals surface area contributed by atoms with Crippen LogP contribution >= 0.6 is 23.4 Å². The van der Waals surface area contributed by atoms with Crippen LogP contribution in [0.2, 0.25) is 5.02 Å². The zero-order chi connectivity index (χ0) is 21.6. The van der Waals surface area contributed by atoms with Gasteiger partial charge in [0.2, 0.25) is 10.8 Å². The fourth-order valence-corrected chi connectivity index (χ4v) is 5.88. The van der Waals surface area contributed by atoms with Crippen molar-refractivity contribution in [3.63, 3.8) is 0 Å². The SMILES string of the molecule is COc1ccc(N2C(=O)CS[C@@]23C(=O)N(Cc2ccccc2)c2ccccc23)cc1Cl. The van der Waals surface area contributed by atoms with Crippen molar-refractivity contribution in [2.45, 2.75) is 11.4 Å². The van der Waals surface area contributed by atoms with E-state index in [-0.39, 0.29) is 17.6 Å². The van der Waals surface area contributed by atoms with E-state index in [4.69, 9.17) is 16.3 Å². The second kappa shape index (κ2) is 7.62. The van der Waals surface area contributed by atoms with Crippen molar-refractivity contribution in [2.75, 3.05) is 22.7 Å². The maximum absolute atomic E-state index is 14.0.